The van der Waals surface area contributed by atoms with E-state index in [1.165, 1.54) is 0 Å². The van der Waals surface area contributed by atoms with Crippen LogP contribution in [-0.4, -0.2) is 216 Å². The number of esters is 2. The van der Waals surface area contributed by atoms with Crippen molar-refractivity contribution in [1.82, 2.24) is 0 Å². The van der Waals surface area contributed by atoms with Gasteiger partial charge in [0.05, 0.1) is 55.4 Å². The van der Waals surface area contributed by atoms with Gasteiger partial charge >= 0.3 is 17.9 Å². The number of fused-ring (bicyclic) bond motifs is 7. The Kier molecular flexibility index (Phi) is 17.3. The third-order valence-electron chi connectivity index (χ3n) is 20.8. The number of allylic oxidation sites excluding steroid dienone is 1. The van der Waals surface area contributed by atoms with Gasteiger partial charge in [-0.2, -0.15) is 0 Å². The maximum Gasteiger partial charge on any atom is 0.335 e. The van der Waals surface area contributed by atoms with Crippen LogP contribution >= 0.6 is 0 Å². The lowest BCUT2D eigenvalue weighted by Crippen LogP contribution is -2.76. The van der Waals surface area contributed by atoms with Gasteiger partial charge in [-0.15, -0.1) is 0 Å². The molecule has 7 fully saturated rings. The molecule has 3 aliphatic heterocycles. The average Bonchev–Trinajstić information content (AvgIpc) is 3.42. The van der Waals surface area contributed by atoms with E-state index in [0.29, 0.717) is 38.5 Å². The molecule has 0 aromatic rings. The van der Waals surface area contributed by atoms with Crippen molar-refractivity contribution in [2.75, 3.05) is 19.8 Å². The maximum atomic E-state index is 13.6. The summed E-state index contributed by atoms with van der Waals surface area (Å²) in [5.74, 6) is -4.87. The summed E-state index contributed by atoms with van der Waals surface area (Å²) < 4.78 is 48.9. The van der Waals surface area contributed by atoms with Gasteiger partial charge in [-0.1, -0.05) is 87.8 Å². The molecule has 0 amide bonds. The van der Waals surface area contributed by atoms with E-state index >= 15 is 0 Å². The molecule has 78 heavy (non-hydrogen) atoms. The van der Waals surface area contributed by atoms with Gasteiger partial charge in [0.2, 0.25) is 0 Å². The second-order valence-corrected chi connectivity index (χ2v) is 26.4. The molecule has 5 aliphatic carbocycles. The third kappa shape index (κ3) is 9.51. The number of carboxylic acids is 1. The first-order valence-electron chi connectivity index (χ1n) is 27.8. The molecule has 3 saturated heterocycles. The Morgan fingerprint density at radius 2 is 1.17 bits per heavy atom. The van der Waals surface area contributed by atoms with E-state index in [0.717, 1.165) is 5.57 Å². The molecular formula is C55H88O23. The first-order chi connectivity index (χ1) is 36.3. The Bertz CT molecular complexity index is 2220. The van der Waals surface area contributed by atoms with Gasteiger partial charge in [-0.05, 0) is 72.5 Å². The van der Waals surface area contributed by atoms with Crippen molar-refractivity contribution in [2.24, 2.45) is 62.1 Å². The highest BCUT2D eigenvalue weighted by molar-refractivity contribution is 5.74. The van der Waals surface area contributed by atoms with Gasteiger partial charge in [0.15, 0.2) is 31.1 Å². The van der Waals surface area contributed by atoms with E-state index < -0.39 is 205 Å². The summed E-state index contributed by atoms with van der Waals surface area (Å²) >= 11 is 0. The van der Waals surface area contributed by atoms with Crippen LogP contribution in [0.25, 0.3) is 0 Å². The molecule has 0 spiro atoms. The summed E-state index contributed by atoms with van der Waals surface area (Å²) in [6.07, 6.45) is -26.8. The zero-order valence-corrected chi connectivity index (χ0v) is 46.7. The van der Waals surface area contributed by atoms with Crippen LogP contribution in [0.3, 0.4) is 0 Å². The number of aliphatic carboxylic acids is 1. The number of aliphatic hydroxyl groups is 11. The summed E-state index contributed by atoms with van der Waals surface area (Å²) in [6.45, 7) is 18.7. The number of carbonyl (C=O) groups is 3. The van der Waals surface area contributed by atoms with Crippen molar-refractivity contribution in [3.05, 3.63) is 11.6 Å². The Balaban J connectivity index is 1.13. The fraction of sp³-hybridized carbons (Fsp3) is 0.909. The monoisotopic (exact) mass is 1120 g/mol. The third-order valence-corrected chi connectivity index (χ3v) is 20.8. The normalized spacial score (nSPS) is 49.7. The summed E-state index contributed by atoms with van der Waals surface area (Å²) in [5.41, 5.74) is -4.79. The molecule has 8 unspecified atom stereocenters. The number of rotatable bonds is 14. The summed E-state index contributed by atoms with van der Waals surface area (Å²) in [6, 6.07) is 0. The highest BCUT2D eigenvalue weighted by Gasteiger charge is 2.76. The van der Waals surface area contributed by atoms with E-state index in [9.17, 15) is 75.7 Å². The molecule has 446 valence electrons. The smallest absolute Gasteiger partial charge is 0.335 e. The number of hydrogen-bond acceptors (Lipinski definition) is 22. The summed E-state index contributed by atoms with van der Waals surface area (Å²) in [5, 5.41) is 134. The van der Waals surface area contributed by atoms with E-state index in [2.05, 4.69) is 19.9 Å². The second kappa shape index (κ2) is 21.9. The standard InChI is InChI=1S/C55H88O23/c1-22(2)45(69)77-42-43(78-46(70)23(3)4)55(21-58)25(18-50(42,5)6)24-12-13-29-52(9)16-15-30(51(7,8)28(52)14-17-53(29,10)54(24,11)40(65)41(55)66)73-49-39(76-48-35(63)33(61)31(59)26(19-56)71-48)37(36(64)38(75-49)44(67)68)74-47-34(62)32(60)27(20-57)72-47/h12,22-23,25-43,47-49,56-66H,13-21H2,1-11H3,(H,67,68)/t25?,26?,27-,28?,29?,30+,31+,32+,33+,34?,35?,36-,37+,38?,39?,40+,41-,42+,43+,47+,48+,49-,52+,53-,54+,55+/m1/s1. The second-order valence-electron chi connectivity index (χ2n) is 26.4. The molecular weight excluding hydrogens is 1030 g/mol. The Labute approximate surface area is 455 Å². The first kappa shape index (κ1) is 61.5. The Morgan fingerprint density at radius 1 is 0.628 bits per heavy atom. The molecule has 8 aliphatic rings. The minimum atomic E-state index is -2.12. The van der Waals surface area contributed by atoms with Crippen LogP contribution < -0.4 is 0 Å². The average molecular weight is 1120 g/mol. The number of aliphatic hydroxyl groups excluding tert-OH is 11. The van der Waals surface area contributed by atoms with Crippen molar-refractivity contribution in [1.29, 1.82) is 0 Å². The zero-order valence-electron chi connectivity index (χ0n) is 46.7. The van der Waals surface area contributed by atoms with Crippen LogP contribution in [0.4, 0.5) is 0 Å². The lowest BCUT2D eigenvalue weighted by Gasteiger charge is -2.73. The van der Waals surface area contributed by atoms with Gasteiger partial charge in [-0.3, -0.25) is 9.59 Å². The SMILES string of the molecule is CC(C)C(=O)O[C@H]1[C@H](OC(=O)C(C)C)[C@@]2(CO)C(CC1(C)C)C1=CCC3[C@@]4(C)CC[C@H](O[C@@H]5OC(C(=O)O)[C@H](O)[C@H](O[C@@H]6O[C@H](CO)[C@H](O)C6O)C5O[C@@H]5OC(CO)[C@H](O)[C@H](O)C5O)C(C)(C)C4CC[C@@]3(C)[C@]1(C)[C@@H](O)[C@H]2O. The molecule has 4 saturated carbocycles. The minimum absolute atomic E-state index is 0.138. The first-order valence-corrected chi connectivity index (χ1v) is 27.8. The van der Waals surface area contributed by atoms with Gasteiger partial charge < -0.3 is 99.2 Å². The predicted octanol–water partition coefficient (Wildman–Crippen LogP) is -0.358. The van der Waals surface area contributed by atoms with Crippen LogP contribution in [0.15, 0.2) is 11.6 Å². The van der Waals surface area contributed by atoms with Crippen LogP contribution in [0.2, 0.25) is 0 Å². The van der Waals surface area contributed by atoms with E-state index in [1.54, 1.807) is 27.7 Å². The van der Waals surface area contributed by atoms with Crippen LogP contribution in [0, 0.1) is 62.1 Å². The van der Waals surface area contributed by atoms with Gasteiger partial charge in [0, 0.05) is 10.8 Å². The molecule has 0 radical (unpaired) electrons. The van der Waals surface area contributed by atoms with Crippen LogP contribution in [0.1, 0.15) is 115 Å². The molecule has 12 N–H and O–H groups in total. The van der Waals surface area contributed by atoms with E-state index in [1.807, 2.05) is 34.6 Å². The van der Waals surface area contributed by atoms with Crippen LogP contribution in [0.5, 0.6) is 0 Å². The largest absolute Gasteiger partial charge is 0.479 e. The van der Waals surface area contributed by atoms with Crippen molar-refractivity contribution in [3.8, 4) is 0 Å². The molecule has 23 nitrogen and oxygen atoms in total. The molecule has 23 heteroatoms. The number of carboxylic acid groups (broad SMARTS) is 1. The number of carbonyl (C=O) groups excluding carboxylic acids is 2. The zero-order chi connectivity index (χ0) is 57.9. The quantitative estimate of drug-likeness (QED) is 0.0600. The molecule has 0 aromatic carbocycles. The topological polar surface area (TPSA) is 368 Å². The molecule has 0 bridgehead atoms. The summed E-state index contributed by atoms with van der Waals surface area (Å²) in [7, 11) is 0. The van der Waals surface area contributed by atoms with Crippen molar-refractivity contribution < 1.29 is 114 Å². The Hall–Kier alpha value is -2.53. The van der Waals surface area contributed by atoms with Gasteiger partial charge in [0.1, 0.15) is 67.1 Å². The van der Waals surface area contributed by atoms with E-state index in [4.69, 9.17) is 37.9 Å². The minimum Gasteiger partial charge on any atom is -0.479 e. The fourth-order valence-corrected chi connectivity index (χ4v) is 16.1. The highest BCUT2D eigenvalue weighted by atomic mass is 16.8. The lowest BCUT2D eigenvalue weighted by molar-refractivity contribution is -0.386. The summed E-state index contributed by atoms with van der Waals surface area (Å²) in [4.78, 5) is 39.9. The molecule has 8 rings (SSSR count). The molecule has 26 atom stereocenters. The number of ether oxygens (including phenoxy) is 8. The Morgan fingerprint density at radius 3 is 1.71 bits per heavy atom. The van der Waals surface area contributed by atoms with Crippen molar-refractivity contribution in [3.63, 3.8) is 0 Å². The fourth-order valence-electron chi connectivity index (χ4n) is 16.1. The van der Waals surface area contributed by atoms with Crippen molar-refractivity contribution in [2.45, 2.75) is 231 Å². The lowest BCUT2D eigenvalue weighted by atomic mass is 9.32. The maximum absolute atomic E-state index is 13.6. The van der Waals surface area contributed by atoms with Crippen LogP contribution in [-0.2, 0) is 52.3 Å². The molecule has 0 aromatic heterocycles. The van der Waals surface area contributed by atoms with Gasteiger partial charge in [0.25, 0.3) is 0 Å². The predicted molar refractivity (Wildman–Crippen MR) is 268 cm³/mol. The van der Waals surface area contributed by atoms with Crippen molar-refractivity contribution >= 4 is 17.9 Å². The van der Waals surface area contributed by atoms with E-state index in [-0.39, 0.29) is 11.8 Å². The number of hydrogen-bond donors (Lipinski definition) is 12. The van der Waals surface area contributed by atoms with Gasteiger partial charge in [-0.25, -0.2) is 4.79 Å². The molecule has 3 heterocycles. The highest BCUT2D eigenvalue weighted by Crippen LogP contribution is 2.76.